The zero-order valence-electron chi connectivity index (χ0n) is 13.9. The molecular weight excluding hydrogens is 336 g/mol. The van der Waals surface area contributed by atoms with Gasteiger partial charge in [0, 0.05) is 11.4 Å². The predicted molar refractivity (Wildman–Crippen MR) is 101 cm³/mol. The average molecular weight is 357 g/mol. The minimum absolute atomic E-state index is 0.127. The first-order valence-corrected chi connectivity index (χ1v) is 10.1. The molecule has 3 aromatic rings. The minimum Gasteiger partial charge on any atom is -0.328 e. The molecule has 0 saturated carbocycles. The number of likely N-dealkylation sites (tertiary alicyclic amines) is 1. The van der Waals surface area contributed by atoms with Crippen LogP contribution in [0.2, 0.25) is 0 Å². The number of hydrogen-bond acceptors (Lipinski definition) is 4. The number of benzene rings is 1. The Morgan fingerprint density at radius 2 is 2.17 bits per heavy atom. The van der Waals surface area contributed by atoms with Crippen LogP contribution in [0.15, 0.2) is 30.3 Å². The van der Waals surface area contributed by atoms with Gasteiger partial charge in [0.05, 0.1) is 21.1 Å². The van der Waals surface area contributed by atoms with E-state index in [4.69, 9.17) is 4.98 Å². The molecule has 0 spiro atoms. The minimum atomic E-state index is 0.127. The first-order valence-electron chi connectivity index (χ1n) is 8.43. The highest BCUT2D eigenvalue weighted by atomic mass is 32.1. The van der Waals surface area contributed by atoms with Gasteiger partial charge in [-0.25, -0.2) is 4.98 Å². The summed E-state index contributed by atoms with van der Waals surface area (Å²) >= 11 is 3.37. The molecule has 3 heterocycles. The topological polar surface area (TPSA) is 33.2 Å². The number of carbonyl (C=O) groups is 1. The number of para-hydroxylation sites is 1. The Hall–Kier alpha value is -1.72. The van der Waals surface area contributed by atoms with Crippen molar-refractivity contribution in [1.29, 1.82) is 0 Å². The molecular formula is C19H20N2OS2. The average Bonchev–Trinajstić information content (AvgIpc) is 3.30. The zero-order valence-corrected chi connectivity index (χ0v) is 15.5. The van der Waals surface area contributed by atoms with Crippen LogP contribution in [0, 0.1) is 6.92 Å². The number of carbonyl (C=O) groups excluding carboxylic acids is 1. The summed E-state index contributed by atoms with van der Waals surface area (Å²) in [5, 5.41) is 1.08. The lowest BCUT2D eigenvalue weighted by molar-refractivity contribution is 0.0740. The Balaban J connectivity index is 1.65. The maximum Gasteiger partial charge on any atom is 0.264 e. The van der Waals surface area contributed by atoms with Crippen LogP contribution in [0.3, 0.4) is 0 Å². The van der Waals surface area contributed by atoms with Gasteiger partial charge < -0.3 is 4.90 Å². The highest BCUT2D eigenvalue weighted by Crippen LogP contribution is 2.38. The quantitative estimate of drug-likeness (QED) is 0.646. The largest absolute Gasteiger partial charge is 0.328 e. The van der Waals surface area contributed by atoms with Gasteiger partial charge in [-0.1, -0.05) is 19.1 Å². The van der Waals surface area contributed by atoms with Crippen molar-refractivity contribution >= 4 is 38.8 Å². The van der Waals surface area contributed by atoms with E-state index in [9.17, 15) is 4.79 Å². The second kappa shape index (κ2) is 6.30. The summed E-state index contributed by atoms with van der Waals surface area (Å²) in [5.74, 6) is 0.171. The summed E-state index contributed by atoms with van der Waals surface area (Å²) in [7, 11) is 0. The SMILES string of the molecule is CCc1sc(C(=O)N2CCC[C@@H]2c2nc3ccccc3s2)cc1C. The number of amides is 1. The number of thiazole rings is 1. The van der Waals surface area contributed by atoms with E-state index >= 15 is 0 Å². The van der Waals surface area contributed by atoms with Crippen molar-refractivity contribution in [1.82, 2.24) is 9.88 Å². The molecule has 1 saturated heterocycles. The fourth-order valence-corrected chi connectivity index (χ4v) is 5.60. The molecule has 3 nitrogen and oxygen atoms in total. The van der Waals surface area contributed by atoms with E-state index in [-0.39, 0.29) is 11.9 Å². The van der Waals surface area contributed by atoms with Gasteiger partial charge in [0.2, 0.25) is 0 Å². The van der Waals surface area contributed by atoms with E-state index in [1.54, 1.807) is 22.7 Å². The van der Waals surface area contributed by atoms with Crippen molar-refractivity contribution in [2.45, 2.75) is 39.2 Å². The van der Waals surface area contributed by atoms with Gasteiger partial charge >= 0.3 is 0 Å². The summed E-state index contributed by atoms with van der Waals surface area (Å²) in [4.78, 5) is 22.0. The van der Waals surface area contributed by atoms with Crippen molar-refractivity contribution in [2.24, 2.45) is 0 Å². The molecule has 0 bridgehead atoms. The molecule has 1 aliphatic rings. The summed E-state index contributed by atoms with van der Waals surface area (Å²) < 4.78 is 1.20. The van der Waals surface area contributed by atoms with Gasteiger partial charge in [0.1, 0.15) is 5.01 Å². The standard InChI is InChI=1S/C19H20N2OS2/c1-3-15-12(2)11-17(23-15)19(22)21-10-6-8-14(21)18-20-13-7-4-5-9-16(13)24-18/h4-5,7,9,11,14H,3,6,8,10H2,1-2H3/t14-/m1/s1. The van der Waals surface area contributed by atoms with Crippen LogP contribution in [0.4, 0.5) is 0 Å². The summed E-state index contributed by atoms with van der Waals surface area (Å²) in [6, 6.07) is 10.4. The van der Waals surface area contributed by atoms with Gasteiger partial charge in [0.25, 0.3) is 5.91 Å². The van der Waals surface area contributed by atoms with Gasteiger partial charge in [-0.05, 0) is 49.9 Å². The molecule has 0 radical (unpaired) electrons. The smallest absolute Gasteiger partial charge is 0.264 e. The van der Waals surface area contributed by atoms with E-state index in [0.29, 0.717) is 0 Å². The van der Waals surface area contributed by atoms with Gasteiger partial charge in [-0.3, -0.25) is 4.79 Å². The van der Waals surface area contributed by atoms with Crippen molar-refractivity contribution < 1.29 is 4.79 Å². The maximum absolute atomic E-state index is 13.0. The predicted octanol–water partition coefficient (Wildman–Crippen LogP) is 5.21. The number of aryl methyl sites for hydroxylation is 2. The number of rotatable bonds is 3. The van der Waals surface area contributed by atoms with Crippen molar-refractivity contribution in [2.75, 3.05) is 6.54 Å². The van der Waals surface area contributed by atoms with E-state index in [1.807, 2.05) is 23.1 Å². The molecule has 0 aliphatic carbocycles. The molecule has 2 aromatic heterocycles. The number of hydrogen-bond donors (Lipinski definition) is 0. The lowest BCUT2D eigenvalue weighted by Gasteiger charge is -2.22. The highest BCUT2D eigenvalue weighted by Gasteiger charge is 2.33. The molecule has 124 valence electrons. The van der Waals surface area contributed by atoms with E-state index in [0.717, 1.165) is 41.2 Å². The normalized spacial score (nSPS) is 17.8. The molecule has 1 aliphatic heterocycles. The van der Waals surface area contributed by atoms with Crippen LogP contribution in [-0.4, -0.2) is 22.3 Å². The van der Waals surface area contributed by atoms with Crippen molar-refractivity contribution in [3.05, 3.63) is 50.7 Å². The lowest BCUT2D eigenvalue weighted by Crippen LogP contribution is -2.29. The highest BCUT2D eigenvalue weighted by molar-refractivity contribution is 7.18. The van der Waals surface area contributed by atoms with E-state index < -0.39 is 0 Å². The monoisotopic (exact) mass is 356 g/mol. The van der Waals surface area contributed by atoms with Crippen LogP contribution >= 0.6 is 22.7 Å². The number of nitrogens with zero attached hydrogens (tertiary/aromatic N) is 2. The number of aromatic nitrogens is 1. The Kier molecular flexibility index (Phi) is 4.14. The molecule has 4 rings (SSSR count). The third-order valence-corrected chi connectivity index (χ3v) is 7.17. The first kappa shape index (κ1) is 15.8. The fraction of sp³-hybridized carbons (Fsp3) is 0.368. The van der Waals surface area contributed by atoms with Gasteiger partial charge in [0.15, 0.2) is 0 Å². The summed E-state index contributed by atoms with van der Waals surface area (Å²) in [6.07, 6.45) is 3.05. The van der Waals surface area contributed by atoms with Crippen LogP contribution in [0.1, 0.15) is 50.9 Å². The third kappa shape index (κ3) is 2.66. The van der Waals surface area contributed by atoms with Crippen LogP contribution < -0.4 is 0 Å². The molecule has 1 atom stereocenters. The molecule has 0 unspecified atom stereocenters. The molecule has 5 heteroatoms. The van der Waals surface area contributed by atoms with Crippen molar-refractivity contribution in [3.8, 4) is 0 Å². The van der Waals surface area contributed by atoms with E-state index in [2.05, 4.69) is 26.0 Å². The van der Waals surface area contributed by atoms with Crippen LogP contribution in [-0.2, 0) is 6.42 Å². The Morgan fingerprint density at radius 3 is 2.92 bits per heavy atom. The van der Waals surface area contributed by atoms with Gasteiger partial charge in [-0.2, -0.15) is 0 Å². The Labute approximate surface area is 150 Å². The molecule has 1 fully saturated rings. The van der Waals surface area contributed by atoms with Crippen LogP contribution in [0.25, 0.3) is 10.2 Å². The first-order chi connectivity index (χ1) is 11.7. The van der Waals surface area contributed by atoms with Gasteiger partial charge in [-0.15, -0.1) is 22.7 Å². The third-order valence-electron chi connectivity index (χ3n) is 4.66. The van der Waals surface area contributed by atoms with Crippen molar-refractivity contribution in [3.63, 3.8) is 0 Å². The summed E-state index contributed by atoms with van der Waals surface area (Å²) in [6.45, 7) is 5.08. The molecule has 1 amide bonds. The maximum atomic E-state index is 13.0. The molecule has 0 N–H and O–H groups in total. The summed E-state index contributed by atoms with van der Waals surface area (Å²) in [5.41, 5.74) is 2.28. The second-order valence-electron chi connectivity index (χ2n) is 6.25. The molecule has 1 aromatic carbocycles. The Bertz CT molecular complexity index is 863. The second-order valence-corrected chi connectivity index (χ2v) is 8.45. The molecule has 24 heavy (non-hydrogen) atoms. The number of fused-ring (bicyclic) bond motifs is 1. The van der Waals surface area contributed by atoms with E-state index in [1.165, 1.54) is 15.1 Å². The number of thiophene rings is 1. The fourth-order valence-electron chi connectivity index (χ4n) is 3.42. The Morgan fingerprint density at radius 1 is 1.33 bits per heavy atom. The lowest BCUT2D eigenvalue weighted by atomic mass is 10.2. The zero-order chi connectivity index (χ0) is 16.7. The van der Waals surface area contributed by atoms with Crippen LogP contribution in [0.5, 0.6) is 0 Å².